The summed E-state index contributed by atoms with van der Waals surface area (Å²) in [5, 5.41) is 6.40. The first-order valence-corrected chi connectivity index (χ1v) is 6.56. The van der Waals surface area contributed by atoms with E-state index >= 15 is 0 Å². The smallest absolute Gasteiger partial charge is 0.221 e. The highest BCUT2D eigenvalue weighted by Crippen LogP contribution is 2.19. The fraction of sp³-hybridized carbons (Fsp3) is 0.583. The first-order chi connectivity index (χ1) is 8.69. The SMILES string of the molecule is CCCNC(=O)CCNc1ncnc(Cl)c1CC. The summed E-state index contributed by atoms with van der Waals surface area (Å²) in [7, 11) is 0. The molecule has 0 aliphatic rings. The van der Waals surface area contributed by atoms with Crippen LogP contribution in [0.15, 0.2) is 6.33 Å². The van der Waals surface area contributed by atoms with Crippen molar-refractivity contribution in [1.82, 2.24) is 15.3 Å². The van der Waals surface area contributed by atoms with Crippen LogP contribution in [0.5, 0.6) is 0 Å². The minimum absolute atomic E-state index is 0.0440. The highest BCUT2D eigenvalue weighted by Gasteiger charge is 2.08. The summed E-state index contributed by atoms with van der Waals surface area (Å²) in [6.07, 6.45) is 3.54. The molecule has 0 unspecified atom stereocenters. The number of amides is 1. The summed E-state index contributed by atoms with van der Waals surface area (Å²) in [6.45, 7) is 5.27. The normalized spacial score (nSPS) is 10.2. The zero-order valence-corrected chi connectivity index (χ0v) is 11.5. The van der Waals surface area contributed by atoms with E-state index in [0.29, 0.717) is 23.9 Å². The number of anilines is 1. The van der Waals surface area contributed by atoms with Crippen LogP contribution in [0.4, 0.5) is 5.82 Å². The molecule has 100 valence electrons. The Morgan fingerprint density at radius 1 is 1.33 bits per heavy atom. The van der Waals surface area contributed by atoms with Crippen molar-refractivity contribution in [2.75, 3.05) is 18.4 Å². The van der Waals surface area contributed by atoms with Crippen molar-refractivity contribution < 1.29 is 4.79 Å². The molecule has 0 radical (unpaired) electrons. The van der Waals surface area contributed by atoms with Crippen LogP contribution in [0, 0.1) is 0 Å². The molecule has 2 N–H and O–H groups in total. The highest BCUT2D eigenvalue weighted by atomic mass is 35.5. The van der Waals surface area contributed by atoms with Crippen molar-refractivity contribution in [1.29, 1.82) is 0 Å². The predicted molar refractivity (Wildman–Crippen MR) is 72.8 cm³/mol. The zero-order chi connectivity index (χ0) is 13.4. The monoisotopic (exact) mass is 270 g/mol. The molecule has 1 rings (SSSR count). The van der Waals surface area contributed by atoms with Gasteiger partial charge in [0.05, 0.1) is 0 Å². The van der Waals surface area contributed by atoms with E-state index in [9.17, 15) is 4.79 Å². The van der Waals surface area contributed by atoms with Gasteiger partial charge in [0.1, 0.15) is 17.3 Å². The predicted octanol–water partition coefficient (Wildman–Crippen LogP) is 2.02. The molecular weight excluding hydrogens is 252 g/mol. The lowest BCUT2D eigenvalue weighted by molar-refractivity contribution is -0.120. The van der Waals surface area contributed by atoms with E-state index in [1.54, 1.807) is 0 Å². The lowest BCUT2D eigenvalue weighted by Gasteiger charge is -2.10. The van der Waals surface area contributed by atoms with Crippen LogP contribution in [0.1, 0.15) is 32.3 Å². The first-order valence-electron chi connectivity index (χ1n) is 6.19. The van der Waals surface area contributed by atoms with E-state index in [1.807, 2.05) is 13.8 Å². The number of rotatable bonds is 7. The number of halogens is 1. The highest BCUT2D eigenvalue weighted by molar-refractivity contribution is 6.30. The molecular formula is C12H19ClN4O. The van der Waals surface area contributed by atoms with Gasteiger partial charge in [-0.25, -0.2) is 9.97 Å². The number of aromatic nitrogens is 2. The largest absolute Gasteiger partial charge is 0.369 e. The van der Waals surface area contributed by atoms with Crippen LogP contribution in [0.25, 0.3) is 0 Å². The summed E-state index contributed by atoms with van der Waals surface area (Å²) in [4.78, 5) is 19.5. The molecule has 0 atom stereocenters. The summed E-state index contributed by atoms with van der Waals surface area (Å²) in [6, 6.07) is 0. The minimum atomic E-state index is 0.0440. The average molecular weight is 271 g/mol. The van der Waals surface area contributed by atoms with Crippen molar-refractivity contribution in [2.45, 2.75) is 33.1 Å². The van der Waals surface area contributed by atoms with Crippen molar-refractivity contribution in [3.63, 3.8) is 0 Å². The lowest BCUT2D eigenvalue weighted by atomic mass is 10.2. The molecule has 1 aromatic heterocycles. The number of nitrogens with zero attached hydrogens (tertiary/aromatic N) is 2. The second-order valence-corrected chi connectivity index (χ2v) is 4.23. The molecule has 0 fully saturated rings. The number of carbonyl (C=O) groups is 1. The van der Waals surface area contributed by atoms with Gasteiger partial charge in [-0.1, -0.05) is 25.4 Å². The van der Waals surface area contributed by atoms with E-state index in [1.165, 1.54) is 6.33 Å². The molecule has 18 heavy (non-hydrogen) atoms. The van der Waals surface area contributed by atoms with Crippen LogP contribution in [-0.2, 0) is 11.2 Å². The molecule has 1 aromatic rings. The average Bonchev–Trinajstić information content (AvgIpc) is 2.36. The molecule has 6 heteroatoms. The zero-order valence-electron chi connectivity index (χ0n) is 10.8. The van der Waals surface area contributed by atoms with Gasteiger partial charge in [0.25, 0.3) is 0 Å². The maximum Gasteiger partial charge on any atom is 0.221 e. The van der Waals surface area contributed by atoms with E-state index in [0.717, 1.165) is 24.9 Å². The van der Waals surface area contributed by atoms with Crippen molar-refractivity contribution >= 4 is 23.3 Å². The van der Waals surface area contributed by atoms with Crippen LogP contribution in [0.3, 0.4) is 0 Å². The van der Waals surface area contributed by atoms with Crippen LogP contribution >= 0.6 is 11.6 Å². The maximum absolute atomic E-state index is 11.4. The fourth-order valence-electron chi connectivity index (χ4n) is 1.50. The van der Waals surface area contributed by atoms with E-state index in [-0.39, 0.29) is 5.91 Å². The van der Waals surface area contributed by atoms with Gasteiger partial charge in [0.2, 0.25) is 5.91 Å². The van der Waals surface area contributed by atoms with Gasteiger partial charge < -0.3 is 10.6 Å². The Balaban J connectivity index is 2.44. The van der Waals surface area contributed by atoms with E-state index < -0.39 is 0 Å². The van der Waals surface area contributed by atoms with E-state index in [2.05, 4.69) is 20.6 Å². The van der Waals surface area contributed by atoms with Gasteiger partial charge in [-0.05, 0) is 12.8 Å². The Morgan fingerprint density at radius 2 is 2.11 bits per heavy atom. The minimum Gasteiger partial charge on any atom is -0.369 e. The molecule has 0 saturated heterocycles. The quantitative estimate of drug-likeness (QED) is 0.744. The lowest BCUT2D eigenvalue weighted by Crippen LogP contribution is -2.26. The van der Waals surface area contributed by atoms with Gasteiger partial charge >= 0.3 is 0 Å². The van der Waals surface area contributed by atoms with Gasteiger partial charge in [-0.2, -0.15) is 0 Å². The van der Waals surface area contributed by atoms with Gasteiger partial charge in [0.15, 0.2) is 0 Å². The molecule has 0 aliphatic heterocycles. The third-order valence-corrected chi connectivity index (χ3v) is 2.79. The summed E-state index contributed by atoms with van der Waals surface area (Å²) >= 11 is 5.97. The molecule has 0 aromatic carbocycles. The number of nitrogens with one attached hydrogen (secondary N) is 2. The Hall–Kier alpha value is -1.36. The number of hydrogen-bond acceptors (Lipinski definition) is 4. The topological polar surface area (TPSA) is 66.9 Å². The fourth-order valence-corrected chi connectivity index (χ4v) is 1.77. The van der Waals surface area contributed by atoms with Gasteiger partial charge in [-0.15, -0.1) is 0 Å². The standard InChI is InChI=1S/C12H19ClN4O/c1-3-6-14-10(18)5-7-15-12-9(4-2)11(13)16-8-17-12/h8H,3-7H2,1-2H3,(H,14,18)(H,15,16,17). The third kappa shape index (κ3) is 4.49. The summed E-state index contributed by atoms with van der Waals surface area (Å²) < 4.78 is 0. The number of hydrogen-bond donors (Lipinski definition) is 2. The number of carbonyl (C=O) groups excluding carboxylic acids is 1. The first kappa shape index (κ1) is 14.7. The Labute approximate surface area is 112 Å². The maximum atomic E-state index is 11.4. The molecule has 0 aliphatic carbocycles. The molecule has 1 heterocycles. The Kier molecular flexibility index (Phi) is 6.43. The van der Waals surface area contributed by atoms with E-state index in [4.69, 9.17) is 11.6 Å². The Bertz CT molecular complexity index is 398. The van der Waals surface area contributed by atoms with Crippen molar-refractivity contribution in [3.8, 4) is 0 Å². The van der Waals surface area contributed by atoms with Gasteiger partial charge in [-0.3, -0.25) is 4.79 Å². The molecule has 0 spiro atoms. The van der Waals surface area contributed by atoms with Gasteiger partial charge in [0, 0.05) is 25.1 Å². The van der Waals surface area contributed by atoms with Crippen LogP contribution in [0.2, 0.25) is 5.15 Å². The molecule has 5 nitrogen and oxygen atoms in total. The molecule has 1 amide bonds. The second kappa shape index (κ2) is 7.87. The second-order valence-electron chi connectivity index (χ2n) is 3.87. The molecule has 0 bridgehead atoms. The molecule has 0 saturated carbocycles. The van der Waals surface area contributed by atoms with Crippen molar-refractivity contribution in [3.05, 3.63) is 17.0 Å². The van der Waals surface area contributed by atoms with Crippen molar-refractivity contribution in [2.24, 2.45) is 0 Å². The summed E-state index contributed by atoms with van der Waals surface area (Å²) in [5.41, 5.74) is 0.883. The van der Waals surface area contributed by atoms with Crippen LogP contribution < -0.4 is 10.6 Å². The van der Waals surface area contributed by atoms with Crippen LogP contribution in [-0.4, -0.2) is 29.0 Å². The Morgan fingerprint density at radius 3 is 2.78 bits per heavy atom. The third-order valence-electron chi connectivity index (χ3n) is 2.46. The summed E-state index contributed by atoms with van der Waals surface area (Å²) in [5.74, 6) is 0.753.